The first-order chi connectivity index (χ1) is 12.0. The molecule has 146 valence electrons. The third kappa shape index (κ3) is 5.18. The highest BCUT2D eigenvalue weighted by molar-refractivity contribution is 9.10. The van der Waals surface area contributed by atoms with E-state index in [4.69, 9.17) is 4.74 Å². The van der Waals surface area contributed by atoms with E-state index < -0.39 is 8.07 Å². The maximum absolute atomic E-state index is 14.9. The standard InChI is InChI=1S/C20H32BrFN2OSi/c1-14(2)23(4)12-16-11-17-15(3)10-18(21)19(22)20(17)24(16)13-25-8-9-26(5,6)7/h10-11,14H,8-9,12-13H2,1-7H3. The van der Waals surface area contributed by atoms with Gasteiger partial charge in [0, 0.05) is 38.3 Å². The normalized spacial score (nSPS) is 12.7. The fourth-order valence-electron chi connectivity index (χ4n) is 2.83. The third-order valence-corrected chi connectivity index (χ3v) is 7.16. The number of halogens is 2. The second-order valence-electron chi connectivity index (χ2n) is 8.67. The number of aryl methyl sites for hydroxylation is 1. The van der Waals surface area contributed by atoms with Crippen LogP contribution in [0.2, 0.25) is 25.7 Å². The Morgan fingerprint density at radius 2 is 1.92 bits per heavy atom. The zero-order valence-electron chi connectivity index (χ0n) is 17.1. The Kier molecular flexibility index (Phi) is 7.10. The molecule has 1 heterocycles. The Morgan fingerprint density at radius 3 is 2.50 bits per heavy atom. The number of benzene rings is 1. The molecule has 1 aromatic carbocycles. The lowest BCUT2D eigenvalue weighted by atomic mass is 10.1. The largest absolute Gasteiger partial charge is 0.361 e. The van der Waals surface area contributed by atoms with E-state index in [-0.39, 0.29) is 5.82 Å². The first kappa shape index (κ1) is 21.6. The van der Waals surface area contributed by atoms with E-state index in [1.807, 2.05) is 17.6 Å². The molecule has 0 N–H and O–H groups in total. The van der Waals surface area contributed by atoms with Crippen molar-refractivity contribution in [1.82, 2.24) is 9.47 Å². The molecule has 0 bridgehead atoms. The van der Waals surface area contributed by atoms with Crippen molar-refractivity contribution in [3.8, 4) is 0 Å². The fraction of sp³-hybridized carbons (Fsp3) is 0.600. The summed E-state index contributed by atoms with van der Waals surface area (Å²) in [6.07, 6.45) is 0. The summed E-state index contributed by atoms with van der Waals surface area (Å²) in [7, 11) is 0.955. The highest BCUT2D eigenvalue weighted by Gasteiger charge is 2.19. The molecule has 0 saturated heterocycles. The molecule has 26 heavy (non-hydrogen) atoms. The number of rotatable bonds is 8. The van der Waals surface area contributed by atoms with Crippen molar-refractivity contribution in [3.63, 3.8) is 0 Å². The molecule has 0 atom stereocenters. The molecular formula is C20H32BrFN2OSi. The van der Waals surface area contributed by atoms with Crippen LogP contribution in [0.15, 0.2) is 16.6 Å². The Hall–Kier alpha value is -0.693. The smallest absolute Gasteiger partial charge is 0.161 e. The van der Waals surface area contributed by atoms with Gasteiger partial charge in [0.25, 0.3) is 0 Å². The van der Waals surface area contributed by atoms with Crippen LogP contribution in [0.4, 0.5) is 4.39 Å². The monoisotopic (exact) mass is 442 g/mol. The van der Waals surface area contributed by atoms with Gasteiger partial charge in [-0.25, -0.2) is 4.39 Å². The van der Waals surface area contributed by atoms with Gasteiger partial charge in [0.1, 0.15) is 6.73 Å². The van der Waals surface area contributed by atoms with Crippen molar-refractivity contribution >= 4 is 34.9 Å². The number of hydrogen-bond donors (Lipinski definition) is 0. The minimum Gasteiger partial charge on any atom is -0.361 e. The lowest BCUT2D eigenvalue weighted by molar-refractivity contribution is 0.0860. The van der Waals surface area contributed by atoms with Gasteiger partial charge >= 0.3 is 0 Å². The molecule has 0 radical (unpaired) electrons. The summed E-state index contributed by atoms with van der Waals surface area (Å²) in [5.74, 6) is -0.210. The van der Waals surface area contributed by atoms with E-state index in [0.717, 1.165) is 35.8 Å². The molecule has 0 saturated carbocycles. The van der Waals surface area contributed by atoms with Crippen LogP contribution in [-0.2, 0) is 18.0 Å². The molecule has 0 aliphatic carbocycles. The van der Waals surface area contributed by atoms with Crippen LogP contribution in [0.3, 0.4) is 0 Å². The molecule has 2 aromatic rings. The molecule has 0 fully saturated rings. The zero-order chi connectivity index (χ0) is 19.6. The summed E-state index contributed by atoms with van der Waals surface area (Å²) < 4.78 is 23.4. The van der Waals surface area contributed by atoms with E-state index in [9.17, 15) is 4.39 Å². The summed E-state index contributed by atoms with van der Waals surface area (Å²) in [6.45, 7) is 15.3. The van der Waals surface area contributed by atoms with Gasteiger partial charge in [-0.3, -0.25) is 4.90 Å². The highest BCUT2D eigenvalue weighted by Crippen LogP contribution is 2.31. The lowest BCUT2D eigenvalue weighted by Gasteiger charge is -2.22. The Balaban J connectivity index is 2.39. The fourth-order valence-corrected chi connectivity index (χ4v) is 4.12. The van der Waals surface area contributed by atoms with E-state index in [2.05, 4.69) is 67.4 Å². The van der Waals surface area contributed by atoms with E-state index in [0.29, 0.717) is 22.8 Å². The van der Waals surface area contributed by atoms with Crippen LogP contribution in [-0.4, -0.2) is 37.2 Å². The second kappa shape index (κ2) is 8.55. The molecule has 0 aliphatic rings. The van der Waals surface area contributed by atoms with Crippen molar-refractivity contribution in [2.45, 2.75) is 65.8 Å². The van der Waals surface area contributed by atoms with Gasteiger partial charge in [-0.2, -0.15) is 0 Å². The zero-order valence-corrected chi connectivity index (χ0v) is 19.7. The number of fused-ring (bicyclic) bond motifs is 1. The average molecular weight is 443 g/mol. The van der Waals surface area contributed by atoms with Gasteiger partial charge in [0.15, 0.2) is 5.82 Å². The van der Waals surface area contributed by atoms with Gasteiger partial charge in [0.05, 0.1) is 9.99 Å². The summed E-state index contributed by atoms with van der Waals surface area (Å²) in [5, 5.41) is 0.964. The summed E-state index contributed by atoms with van der Waals surface area (Å²) in [6, 6.07) is 5.50. The van der Waals surface area contributed by atoms with Crippen LogP contribution >= 0.6 is 15.9 Å². The van der Waals surface area contributed by atoms with E-state index in [1.165, 1.54) is 0 Å². The third-order valence-electron chi connectivity index (χ3n) is 4.88. The minimum atomic E-state index is -1.14. The molecule has 0 spiro atoms. The van der Waals surface area contributed by atoms with Crippen molar-refractivity contribution in [1.29, 1.82) is 0 Å². The van der Waals surface area contributed by atoms with Crippen molar-refractivity contribution in [2.24, 2.45) is 0 Å². The SMILES string of the molecule is Cc1cc(Br)c(F)c2c1cc(CN(C)C(C)C)n2COCC[Si](C)(C)C. The lowest BCUT2D eigenvalue weighted by Crippen LogP contribution is -2.27. The van der Waals surface area contributed by atoms with Gasteiger partial charge < -0.3 is 9.30 Å². The van der Waals surface area contributed by atoms with E-state index in [1.54, 1.807) is 0 Å². The number of ether oxygens (including phenoxy) is 1. The topological polar surface area (TPSA) is 17.4 Å². The quantitative estimate of drug-likeness (QED) is 0.368. The summed E-state index contributed by atoms with van der Waals surface area (Å²) >= 11 is 3.36. The molecule has 3 nitrogen and oxygen atoms in total. The molecule has 6 heteroatoms. The van der Waals surface area contributed by atoms with Crippen molar-refractivity contribution in [3.05, 3.63) is 33.7 Å². The molecule has 0 unspecified atom stereocenters. The number of nitrogens with zero attached hydrogens (tertiary/aromatic N) is 2. The number of aromatic nitrogens is 1. The first-order valence-corrected chi connectivity index (χ1v) is 13.8. The summed E-state index contributed by atoms with van der Waals surface area (Å²) in [4.78, 5) is 2.26. The Morgan fingerprint density at radius 1 is 1.27 bits per heavy atom. The second-order valence-corrected chi connectivity index (χ2v) is 15.1. The van der Waals surface area contributed by atoms with E-state index >= 15 is 0 Å². The summed E-state index contributed by atoms with van der Waals surface area (Å²) in [5.41, 5.74) is 2.80. The average Bonchev–Trinajstić information content (AvgIpc) is 2.87. The Bertz CT molecular complexity index is 767. The van der Waals surface area contributed by atoms with Crippen molar-refractivity contribution in [2.75, 3.05) is 13.7 Å². The van der Waals surface area contributed by atoms with Gasteiger partial charge in [-0.15, -0.1) is 0 Å². The predicted molar refractivity (Wildman–Crippen MR) is 115 cm³/mol. The van der Waals surface area contributed by atoms with Crippen LogP contribution in [0.5, 0.6) is 0 Å². The van der Waals surface area contributed by atoms with Crippen LogP contribution in [0.1, 0.15) is 25.1 Å². The van der Waals surface area contributed by atoms with Crippen molar-refractivity contribution < 1.29 is 9.13 Å². The number of hydrogen-bond acceptors (Lipinski definition) is 2. The van der Waals surface area contributed by atoms with Gasteiger partial charge in [-0.05, 0) is 67.5 Å². The maximum Gasteiger partial charge on any atom is 0.161 e. The van der Waals surface area contributed by atoms with Crippen LogP contribution in [0.25, 0.3) is 10.9 Å². The molecule has 0 amide bonds. The van der Waals surface area contributed by atoms with Gasteiger partial charge in [-0.1, -0.05) is 19.6 Å². The van der Waals surface area contributed by atoms with Crippen LogP contribution < -0.4 is 0 Å². The molecule has 2 rings (SSSR count). The predicted octanol–water partition coefficient (Wildman–Crippen LogP) is 6.00. The van der Waals surface area contributed by atoms with Gasteiger partial charge in [0.2, 0.25) is 0 Å². The molecule has 0 aliphatic heterocycles. The molecular weight excluding hydrogens is 411 g/mol. The highest BCUT2D eigenvalue weighted by atomic mass is 79.9. The molecule has 1 aromatic heterocycles. The Labute approximate surface area is 166 Å². The first-order valence-electron chi connectivity index (χ1n) is 9.26. The van der Waals surface area contributed by atoms with Crippen LogP contribution in [0, 0.1) is 12.7 Å². The minimum absolute atomic E-state index is 0.210. The maximum atomic E-state index is 14.9.